The van der Waals surface area contributed by atoms with Crippen LogP contribution in [0.4, 0.5) is 0 Å². The second-order valence-electron chi connectivity index (χ2n) is 5.54. The van der Waals surface area contributed by atoms with E-state index in [-0.39, 0.29) is 0 Å². The van der Waals surface area contributed by atoms with Crippen molar-refractivity contribution in [2.24, 2.45) is 0 Å². The molecule has 13 heavy (non-hydrogen) atoms. The Kier molecular flexibility index (Phi) is 3.77. The van der Waals surface area contributed by atoms with E-state index < -0.39 is 16.6 Å². The Morgan fingerprint density at radius 1 is 0.692 bits per heavy atom. The summed E-state index contributed by atoms with van der Waals surface area (Å²) in [6.45, 7) is 9.58. The topological polar surface area (TPSA) is 9.23 Å². The van der Waals surface area contributed by atoms with Gasteiger partial charge in [0.05, 0.1) is 0 Å². The average Bonchev–Trinajstić information content (AvgIpc) is 1.97. The van der Waals surface area contributed by atoms with Gasteiger partial charge < -0.3 is 4.12 Å². The van der Waals surface area contributed by atoms with Crippen molar-refractivity contribution in [1.29, 1.82) is 0 Å². The number of hydrogen-bond acceptors (Lipinski definition) is 1. The molecule has 1 nitrogen and oxygen atoms in total. The smallest absolute Gasteiger partial charge is 0.173 e. The lowest BCUT2D eigenvalue weighted by atomic mass is 10.2. The maximum atomic E-state index is 6.42. The maximum absolute atomic E-state index is 6.42. The minimum absolute atomic E-state index is 1.28. The molecule has 0 bridgehead atoms. The molecule has 0 amide bonds. The molecule has 0 unspecified atom stereocenters. The Balaban J connectivity index is 2.59. The van der Waals surface area contributed by atoms with E-state index in [1.807, 2.05) is 0 Å². The molecule has 1 aliphatic rings. The van der Waals surface area contributed by atoms with Gasteiger partial charge in [0.2, 0.25) is 0 Å². The van der Waals surface area contributed by atoms with Crippen molar-refractivity contribution < 1.29 is 4.12 Å². The molecule has 1 saturated heterocycles. The van der Waals surface area contributed by atoms with E-state index in [9.17, 15) is 0 Å². The Morgan fingerprint density at radius 3 is 1.46 bits per heavy atom. The van der Waals surface area contributed by atoms with Crippen LogP contribution in [0.25, 0.3) is 0 Å². The zero-order valence-corrected chi connectivity index (χ0v) is 11.7. The predicted octanol–water partition coefficient (Wildman–Crippen LogP) is 3.99. The van der Waals surface area contributed by atoms with E-state index in [0.717, 1.165) is 0 Å². The summed E-state index contributed by atoms with van der Waals surface area (Å²) in [6, 6.07) is 2.76. The van der Waals surface area contributed by atoms with Crippen molar-refractivity contribution in [2.45, 2.75) is 64.0 Å². The van der Waals surface area contributed by atoms with Crippen LogP contribution in [-0.4, -0.2) is 16.6 Å². The van der Waals surface area contributed by atoms with Gasteiger partial charge >= 0.3 is 0 Å². The molecule has 1 rings (SSSR count). The van der Waals surface area contributed by atoms with E-state index in [1.54, 1.807) is 0 Å². The fourth-order valence-electron chi connectivity index (χ4n) is 2.31. The summed E-state index contributed by atoms with van der Waals surface area (Å²) in [6.07, 6.45) is 5.68. The first-order valence-corrected chi connectivity index (χ1v) is 11.8. The van der Waals surface area contributed by atoms with E-state index in [2.05, 4.69) is 26.2 Å². The second-order valence-corrected chi connectivity index (χ2v) is 14.4. The molecule has 0 N–H and O–H groups in total. The van der Waals surface area contributed by atoms with Gasteiger partial charge in [0.25, 0.3) is 0 Å². The molecule has 78 valence electrons. The summed E-state index contributed by atoms with van der Waals surface area (Å²) in [7, 11) is -2.56. The highest BCUT2D eigenvalue weighted by atomic mass is 28.4. The Hall–Kier alpha value is 0.394. The van der Waals surface area contributed by atoms with Gasteiger partial charge in [0.1, 0.15) is 0 Å². The summed E-state index contributed by atoms with van der Waals surface area (Å²) >= 11 is 0. The lowest BCUT2D eigenvalue weighted by Gasteiger charge is -2.33. The monoisotopic (exact) mass is 216 g/mol. The maximum Gasteiger partial charge on any atom is 0.173 e. The van der Waals surface area contributed by atoms with Crippen LogP contribution in [-0.2, 0) is 4.12 Å². The van der Waals surface area contributed by atoms with Gasteiger partial charge in [-0.05, 0) is 38.3 Å². The number of hydrogen-bond donors (Lipinski definition) is 0. The van der Waals surface area contributed by atoms with Crippen LogP contribution in [0.3, 0.4) is 0 Å². The first kappa shape index (κ1) is 11.5. The van der Waals surface area contributed by atoms with Gasteiger partial charge in [-0.2, -0.15) is 0 Å². The fraction of sp³-hybridized carbons (Fsp3) is 1.00. The van der Waals surface area contributed by atoms with Gasteiger partial charge in [-0.15, -0.1) is 0 Å². The van der Waals surface area contributed by atoms with Crippen molar-refractivity contribution in [1.82, 2.24) is 0 Å². The average molecular weight is 216 g/mol. The highest BCUT2D eigenvalue weighted by Crippen LogP contribution is 2.27. The Morgan fingerprint density at radius 2 is 1.08 bits per heavy atom. The zero-order chi connectivity index (χ0) is 9.95. The molecule has 0 saturated carbocycles. The molecular weight excluding hydrogens is 192 g/mol. The molecule has 0 spiro atoms. The van der Waals surface area contributed by atoms with Gasteiger partial charge in [-0.3, -0.25) is 0 Å². The van der Waals surface area contributed by atoms with Crippen molar-refractivity contribution >= 4 is 16.6 Å². The Labute approximate surface area is 85.1 Å². The quantitative estimate of drug-likeness (QED) is 0.556. The lowest BCUT2D eigenvalue weighted by molar-refractivity contribution is 0.537. The molecule has 1 fully saturated rings. The van der Waals surface area contributed by atoms with Gasteiger partial charge in [-0.1, -0.05) is 25.7 Å². The normalized spacial score (nSPS) is 28.6. The third kappa shape index (κ3) is 4.43. The third-order valence-corrected chi connectivity index (χ3v) is 10.4. The van der Waals surface area contributed by atoms with Crippen LogP contribution < -0.4 is 0 Å². The Bertz CT molecular complexity index is 148. The minimum atomic E-state index is -1.28. The SMILES string of the molecule is C[Si]1(C)CCCCCC[Si](C)(C)O1. The van der Waals surface area contributed by atoms with Crippen molar-refractivity contribution in [3.05, 3.63) is 0 Å². The molecule has 0 aromatic heterocycles. The van der Waals surface area contributed by atoms with Crippen LogP contribution in [0.2, 0.25) is 38.3 Å². The first-order valence-electron chi connectivity index (χ1n) is 5.62. The molecule has 3 heteroatoms. The second kappa shape index (κ2) is 4.28. The van der Waals surface area contributed by atoms with Crippen molar-refractivity contribution in [2.75, 3.05) is 0 Å². The molecule has 1 heterocycles. The van der Waals surface area contributed by atoms with E-state index in [4.69, 9.17) is 4.12 Å². The molecule has 0 aliphatic carbocycles. The summed E-state index contributed by atoms with van der Waals surface area (Å²) in [5, 5.41) is 0. The summed E-state index contributed by atoms with van der Waals surface area (Å²) < 4.78 is 6.42. The summed E-state index contributed by atoms with van der Waals surface area (Å²) in [5.74, 6) is 0. The lowest BCUT2D eigenvalue weighted by Crippen LogP contribution is -2.43. The molecule has 0 radical (unpaired) electrons. The zero-order valence-electron chi connectivity index (χ0n) is 9.65. The summed E-state index contributed by atoms with van der Waals surface area (Å²) in [4.78, 5) is 0. The molecule has 1 aliphatic heterocycles. The van der Waals surface area contributed by atoms with Gasteiger partial charge in [0, 0.05) is 0 Å². The molecule has 0 aromatic carbocycles. The van der Waals surface area contributed by atoms with E-state index in [0.29, 0.717) is 0 Å². The van der Waals surface area contributed by atoms with Crippen molar-refractivity contribution in [3.63, 3.8) is 0 Å². The molecular formula is C10H24OSi2. The largest absolute Gasteiger partial charge is 0.455 e. The fourth-order valence-corrected chi connectivity index (χ4v) is 11.3. The van der Waals surface area contributed by atoms with Crippen LogP contribution in [0.5, 0.6) is 0 Å². The van der Waals surface area contributed by atoms with Gasteiger partial charge in [-0.25, -0.2) is 0 Å². The van der Waals surface area contributed by atoms with Crippen LogP contribution in [0.1, 0.15) is 25.7 Å². The van der Waals surface area contributed by atoms with Crippen molar-refractivity contribution in [3.8, 4) is 0 Å². The standard InChI is InChI=1S/C10H24OSi2/c1-12(2)9-7-5-6-8-10-13(3,4)11-12/h5-10H2,1-4H3. The van der Waals surface area contributed by atoms with Crippen LogP contribution in [0.15, 0.2) is 0 Å². The minimum Gasteiger partial charge on any atom is -0.455 e. The van der Waals surface area contributed by atoms with E-state index >= 15 is 0 Å². The van der Waals surface area contributed by atoms with E-state index in [1.165, 1.54) is 37.8 Å². The number of rotatable bonds is 0. The third-order valence-electron chi connectivity index (χ3n) is 2.86. The highest BCUT2D eigenvalue weighted by molar-refractivity contribution is 6.84. The first-order chi connectivity index (χ1) is 5.91. The van der Waals surface area contributed by atoms with Crippen LogP contribution >= 0.6 is 0 Å². The van der Waals surface area contributed by atoms with Gasteiger partial charge in [0.15, 0.2) is 16.6 Å². The predicted molar refractivity (Wildman–Crippen MR) is 64.1 cm³/mol. The van der Waals surface area contributed by atoms with Crippen LogP contribution in [0, 0.1) is 0 Å². The highest BCUT2D eigenvalue weighted by Gasteiger charge is 2.32. The summed E-state index contributed by atoms with van der Waals surface area (Å²) in [5.41, 5.74) is 0. The molecule has 0 atom stereocenters. The molecule has 0 aromatic rings.